The number of hydrogen-bond acceptors (Lipinski definition) is 18. The van der Waals surface area contributed by atoms with Gasteiger partial charge in [0.05, 0.1) is 25.0 Å². The average Bonchev–Trinajstić information content (AvgIpc) is 1.53. The number of ether oxygens (including phenoxy) is 6. The third-order valence-electron chi connectivity index (χ3n) is 16.4. The van der Waals surface area contributed by atoms with Gasteiger partial charge in [-0.25, -0.2) is 24.0 Å². The van der Waals surface area contributed by atoms with E-state index < -0.39 is 58.8 Å². The van der Waals surface area contributed by atoms with E-state index in [0.717, 1.165) is 94.8 Å². The molecule has 1 amide bonds. The molecule has 4 aromatic rings. The monoisotopic (exact) mass is 1360 g/mol. The van der Waals surface area contributed by atoms with E-state index in [1.807, 2.05) is 79.7 Å². The van der Waals surface area contributed by atoms with Crippen LogP contribution in [0.5, 0.6) is 23.0 Å². The number of hydrogen-bond donors (Lipinski definition) is 5. The van der Waals surface area contributed by atoms with Crippen LogP contribution in [0.3, 0.4) is 0 Å². The fourth-order valence-corrected chi connectivity index (χ4v) is 15.6. The lowest BCUT2D eigenvalue weighted by Crippen LogP contribution is -2.42. The van der Waals surface area contributed by atoms with Gasteiger partial charge in [0, 0.05) is 42.9 Å². The quantitative estimate of drug-likeness (QED) is 0.0128. The molecular formula is C70H100N4O17P2Si. The van der Waals surface area contributed by atoms with Crippen LogP contribution in [0.25, 0.3) is 0 Å². The minimum atomic E-state index is -3.86. The van der Waals surface area contributed by atoms with Crippen molar-refractivity contribution in [1.82, 2.24) is 15.3 Å². The normalized spacial score (nSPS) is 18.1. The second-order valence-corrected chi connectivity index (χ2v) is 36.2. The topological polar surface area (TPSA) is 287 Å². The summed E-state index contributed by atoms with van der Waals surface area (Å²) >= 11 is 0. The maximum atomic E-state index is 14.1. The van der Waals surface area contributed by atoms with Gasteiger partial charge in [-0.05, 0) is 173 Å². The Morgan fingerprint density at radius 2 is 1.32 bits per heavy atom. The zero-order valence-electron chi connectivity index (χ0n) is 57.4. The second kappa shape index (κ2) is 34.3. The smallest absolute Gasteiger partial charge is 0.410 e. The number of carbonyl (C=O) groups excluding carboxylic acids is 5. The first kappa shape index (κ1) is 76.2. The molecule has 4 aliphatic rings. The number of esters is 4. The maximum Gasteiger partial charge on any atom is 0.410 e. The molecule has 21 nitrogen and oxygen atoms in total. The van der Waals surface area contributed by atoms with Gasteiger partial charge in [-0.1, -0.05) is 93.2 Å². The van der Waals surface area contributed by atoms with Crippen LogP contribution in [0.2, 0.25) is 25.7 Å². The van der Waals surface area contributed by atoms with Crippen LogP contribution >= 0.6 is 15.1 Å². The van der Waals surface area contributed by atoms with Gasteiger partial charge in [-0.3, -0.25) is 14.2 Å². The molecule has 0 aliphatic carbocycles. The number of nitrogens with two attached hydrogens (primary N) is 1. The number of allylic oxidation sites excluding steroid dienone is 4. The Bertz CT molecular complexity index is 3470. The predicted molar refractivity (Wildman–Crippen MR) is 366 cm³/mol. The molecule has 2 unspecified atom stereocenters. The molecule has 4 aromatic carbocycles. The Balaban J connectivity index is 0.000000237. The van der Waals surface area contributed by atoms with Crippen molar-refractivity contribution in [2.75, 3.05) is 45.2 Å². The molecule has 2 fully saturated rings. The summed E-state index contributed by atoms with van der Waals surface area (Å²) in [5, 5.41) is 17.2. The predicted octanol–water partition coefficient (Wildman–Crippen LogP) is 12.9. The molecule has 0 saturated carbocycles. The lowest BCUT2D eigenvalue weighted by Gasteiger charge is -2.28. The molecule has 4 heterocycles. The molecule has 0 spiro atoms. The molecule has 0 radical (unpaired) electrons. The molecule has 8 rings (SSSR count). The van der Waals surface area contributed by atoms with E-state index in [-0.39, 0.29) is 74.2 Å². The van der Waals surface area contributed by atoms with E-state index in [1.54, 1.807) is 67.3 Å². The Hall–Kier alpha value is -6.77. The summed E-state index contributed by atoms with van der Waals surface area (Å²) < 4.78 is 70.9. The fourth-order valence-electron chi connectivity index (χ4n) is 11.5. The molecule has 24 heteroatoms. The molecule has 4 aliphatic heterocycles. The van der Waals surface area contributed by atoms with Crippen molar-refractivity contribution >= 4 is 53.2 Å². The lowest BCUT2D eigenvalue weighted by atomic mass is 9.89. The van der Waals surface area contributed by atoms with Crippen LogP contribution in [0.1, 0.15) is 153 Å². The highest BCUT2D eigenvalue weighted by Gasteiger charge is 2.37. The number of amides is 1. The van der Waals surface area contributed by atoms with E-state index >= 15 is 0 Å². The summed E-state index contributed by atoms with van der Waals surface area (Å²) in [6.07, 6.45) is 9.39. The minimum absolute atomic E-state index is 0.0257. The molecule has 2 saturated heterocycles. The van der Waals surface area contributed by atoms with Crippen molar-refractivity contribution in [1.29, 1.82) is 0 Å². The zero-order valence-corrected chi connectivity index (χ0v) is 60.2. The van der Waals surface area contributed by atoms with Crippen molar-refractivity contribution < 1.29 is 80.6 Å². The number of benzene rings is 4. The number of rotatable bonds is 26. The number of likely N-dealkylation sites (tertiary alicyclic amines) is 1. The van der Waals surface area contributed by atoms with Crippen LogP contribution < -0.4 is 29.9 Å². The first-order valence-corrected chi connectivity index (χ1v) is 39.8. The van der Waals surface area contributed by atoms with Crippen LogP contribution in [0.4, 0.5) is 4.79 Å². The lowest BCUT2D eigenvalue weighted by molar-refractivity contribution is -0.146. The summed E-state index contributed by atoms with van der Waals surface area (Å²) in [5.74, 6) is -0.465. The van der Waals surface area contributed by atoms with E-state index in [9.17, 15) is 43.1 Å². The molecule has 0 aromatic heterocycles. The van der Waals surface area contributed by atoms with Crippen molar-refractivity contribution in [3.8, 4) is 23.0 Å². The zero-order chi connectivity index (χ0) is 69.3. The number of carbonyl (C=O) groups is 5. The van der Waals surface area contributed by atoms with Gasteiger partial charge in [-0.2, -0.15) is 0 Å². The number of nitrogens with one attached hydrogen (secondary N) is 2. The van der Waals surface area contributed by atoms with E-state index in [0.29, 0.717) is 60.8 Å². The van der Waals surface area contributed by atoms with E-state index in [1.165, 1.54) is 0 Å². The average molecular weight is 1360 g/mol. The Morgan fingerprint density at radius 3 is 1.87 bits per heavy atom. The molecule has 516 valence electrons. The summed E-state index contributed by atoms with van der Waals surface area (Å²) in [6, 6.07) is 17.0. The molecular weight excluding hydrogens is 1260 g/mol. The van der Waals surface area contributed by atoms with E-state index in [2.05, 4.69) is 37.0 Å². The summed E-state index contributed by atoms with van der Waals surface area (Å²) in [4.78, 5) is 73.0. The molecule has 6 N–H and O–H groups in total. The second-order valence-electron chi connectivity index (χ2n) is 26.7. The highest BCUT2D eigenvalue weighted by atomic mass is 31.2. The fraction of sp³-hybridized carbons (Fsp3) is 0.529. The number of aromatic hydroxyl groups is 1. The van der Waals surface area contributed by atoms with Gasteiger partial charge in [0.2, 0.25) is 0 Å². The Kier molecular flexibility index (Phi) is 27.8. The number of phenols is 1. The van der Waals surface area contributed by atoms with Gasteiger partial charge in [0.1, 0.15) is 78.2 Å². The Morgan fingerprint density at radius 1 is 0.777 bits per heavy atom. The molecule has 6 atom stereocenters. The van der Waals surface area contributed by atoms with Gasteiger partial charge >= 0.3 is 45.1 Å². The number of nitrogens with zero attached hydrogens (tertiary/aromatic N) is 1. The highest BCUT2D eigenvalue weighted by molar-refractivity contribution is 7.57. The third-order valence-corrected chi connectivity index (χ3v) is 21.7. The minimum Gasteiger partial charge on any atom is -0.507 e. The van der Waals surface area contributed by atoms with Crippen LogP contribution in [-0.4, -0.2) is 128 Å². The number of para-hydroxylation sites is 2. The number of cyclic esters (lactones) is 2. The number of phenolic OH excluding ortho intramolecular Hbond substituents is 1. The van der Waals surface area contributed by atoms with Gasteiger partial charge in [0.15, 0.2) is 0 Å². The van der Waals surface area contributed by atoms with E-state index in [4.69, 9.17) is 43.2 Å². The maximum absolute atomic E-state index is 14.1. The standard InChI is InChI=1S/C30H39N2O7P.C27H37O6PSi.C13H24N2O4/c1-5-24-20(3)26-17-38-30(35)27(26)28(33)25(24)14-13-19(2)18-40(36,39-23-11-7-6-8-12-23)32-21(4)29(34)37-16-22-10-9-15-31-22;1-7-22-20(3)24-17-32-27(28)25(24)26(31-15-16-35(4,5)6)23(22)14-13-19(2)18-34(29,30)33-21-11-9-8-10-12-21;1-9(14)11(16)18-8-10-6-5-7-15(10)12(17)19-13(2,3)4/h6-8,11-13,21-22,31,33H,5,9-10,14-18H2,1-4H3,(H,32,36);8-13H,7,14-18H2,1-6H3,(H,29,30);9-10H,5-8,14H2,1-4H3/b2*19-13+;/t21-,22-,40?;;9-,10-/m0.0/s1. The van der Waals surface area contributed by atoms with Crippen LogP contribution in [0, 0.1) is 13.8 Å². The van der Waals surface area contributed by atoms with Crippen molar-refractivity contribution in [2.45, 2.75) is 196 Å². The van der Waals surface area contributed by atoms with Crippen molar-refractivity contribution in [3.63, 3.8) is 0 Å². The third kappa shape index (κ3) is 22.1. The highest BCUT2D eigenvalue weighted by Crippen LogP contribution is 2.47. The summed E-state index contributed by atoms with van der Waals surface area (Å²) in [5.41, 5.74) is 14.5. The molecule has 0 bridgehead atoms. The summed E-state index contributed by atoms with van der Waals surface area (Å²) in [6.45, 7) is 30.2. The molecule has 94 heavy (non-hydrogen) atoms. The van der Waals surface area contributed by atoms with Gasteiger partial charge in [-0.15, -0.1) is 0 Å². The first-order chi connectivity index (χ1) is 44.2. The summed E-state index contributed by atoms with van der Waals surface area (Å²) in [7, 11) is -8.80. The first-order valence-electron chi connectivity index (χ1n) is 32.5. The van der Waals surface area contributed by atoms with Crippen LogP contribution in [-0.2, 0) is 81.3 Å². The van der Waals surface area contributed by atoms with Crippen molar-refractivity contribution in [3.05, 3.63) is 140 Å². The van der Waals surface area contributed by atoms with Gasteiger partial charge < -0.3 is 63.4 Å². The Labute approximate surface area is 556 Å². The SMILES string of the molecule is CCc1c(C)c2c(c(O)c1C/C=C(\C)CP(=O)(N[C@@H](C)C(=O)OC[C@@H]1CCCN1)Oc1ccccc1)C(=O)OC2.CCc1c(C)c2c(c(OCC[Si](C)(C)C)c1C/C=C(\C)CP(=O)(O)Oc1ccccc1)C(=O)OC2.C[C@H](N)C(=O)OC[C@@H]1CCCN1C(=O)OC(C)(C)C. The van der Waals surface area contributed by atoms with Crippen LogP contribution in [0.15, 0.2) is 84.0 Å². The van der Waals surface area contributed by atoms with Gasteiger partial charge in [0.25, 0.3) is 0 Å². The van der Waals surface area contributed by atoms with Crippen molar-refractivity contribution in [2.24, 2.45) is 5.73 Å². The largest absolute Gasteiger partial charge is 0.507 e. The number of fused-ring (bicyclic) bond motifs is 2.